The summed E-state index contributed by atoms with van der Waals surface area (Å²) in [5.74, 6) is 0.594. The van der Waals surface area contributed by atoms with Crippen LogP contribution in [-0.4, -0.2) is 66.9 Å². The average Bonchev–Trinajstić information content (AvgIpc) is 3.01. The van der Waals surface area contributed by atoms with Gasteiger partial charge in [-0.25, -0.2) is 8.42 Å². The highest BCUT2D eigenvalue weighted by Crippen LogP contribution is 2.30. The number of hydrogen-bond acceptors (Lipinski definition) is 4. The Hall–Kier alpha value is -1.37. The molecule has 0 amide bonds. The second kappa shape index (κ2) is 5.58. The second-order valence-electron chi connectivity index (χ2n) is 7.38. The van der Waals surface area contributed by atoms with Crippen molar-refractivity contribution in [1.29, 1.82) is 0 Å². The van der Waals surface area contributed by atoms with Crippen molar-refractivity contribution in [3.8, 4) is 0 Å². The Kier molecular flexibility index (Phi) is 3.74. The minimum Gasteiger partial charge on any atom is -0.358 e. The van der Waals surface area contributed by atoms with Gasteiger partial charge < -0.3 is 4.98 Å². The molecule has 2 aromatic rings. The fourth-order valence-corrected chi connectivity index (χ4v) is 6.37. The van der Waals surface area contributed by atoms with E-state index in [1.54, 1.807) is 0 Å². The van der Waals surface area contributed by atoms with Gasteiger partial charge in [-0.2, -0.15) is 0 Å². The summed E-state index contributed by atoms with van der Waals surface area (Å²) < 4.78 is 24.3. The predicted octanol–water partition coefficient (Wildman–Crippen LogP) is 1.70. The first kappa shape index (κ1) is 16.1. The van der Waals surface area contributed by atoms with Gasteiger partial charge in [0.15, 0.2) is 9.84 Å². The number of para-hydroxylation sites is 1. The average molecular weight is 347 g/mol. The van der Waals surface area contributed by atoms with Crippen molar-refractivity contribution in [2.75, 3.05) is 31.6 Å². The van der Waals surface area contributed by atoms with E-state index in [4.69, 9.17) is 0 Å². The van der Waals surface area contributed by atoms with E-state index in [1.165, 1.54) is 27.7 Å². The number of aryl methyl sites for hydroxylation is 2. The van der Waals surface area contributed by atoms with Crippen molar-refractivity contribution in [2.45, 2.75) is 32.5 Å². The zero-order chi connectivity index (χ0) is 17.1. The third kappa shape index (κ3) is 2.57. The van der Waals surface area contributed by atoms with Crippen molar-refractivity contribution in [2.24, 2.45) is 0 Å². The zero-order valence-electron chi connectivity index (χ0n) is 14.5. The molecule has 3 heterocycles. The molecule has 1 aromatic carbocycles. The molecule has 0 bridgehead atoms. The lowest BCUT2D eigenvalue weighted by Gasteiger charge is -2.42. The normalized spacial score (nSPS) is 27.6. The minimum absolute atomic E-state index is 0.112. The van der Waals surface area contributed by atoms with Crippen LogP contribution in [0.25, 0.3) is 10.9 Å². The second-order valence-corrected chi connectivity index (χ2v) is 9.53. The van der Waals surface area contributed by atoms with Crippen LogP contribution in [0.5, 0.6) is 0 Å². The van der Waals surface area contributed by atoms with Gasteiger partial charge in [-0.1, -0.05) is 18.2 Å². The van der Waals surface area contributed by atoms with E-state index >= 15 is 0 Å². The van der Waals surface area contributed by atoms with Crippen LogP contribution < -0.4 is 0 Å². The van der Waals surface area contributed by atoms with Gasteiger partial charge in [0.25, 0.3) is 0 Å². The Labute approximate surface area is 143 Å². The Balaban J connectivity index is 1.67. The van der Waals surface area contributed by atoms with Crippen molar-refractivity contribution < 1.29 is 8.42 Å². The molecule has 2 saturated heterocycles. The molecule has 0 unspecified atom stereocenters. The lowest BCUT2D eigenvalue weighted by molar-refractivity contribution is 0.0575. The number of piperazine rings is 1. The van der Waals surface area contributed by atoms with Gasteiger partial charge in [0, 0.05) is 42.8 Å². The molecule has 0 aliphatic carbocycles. The number of fused-ring (bicyclic) bond motifs is 2. The van der Waals surface area contributed by atoms with Crippen molar-refractivity contribution in [1.82, 2.24) is 14.8 Å². The molecule has 0 radical (unpaired) electrons. The topological polar surface area (TPSA) is 56.4 Å². The number of likely N-dealkylation sites (N-methyl/N-ethyl adjacent to an activating group) is 1. The molecular weight excluding hydrogens is 322 g/mol. The molecule has 1 aromatic heterocycles. The lowest BCUT2D eigenvalue weighted by Crippen LogP contribution is -2.57. The fraction of sp³-hybridized carbons (Fsp3) is 0.556. The van der Waals surface area contributed by atoms with Crippen LogP contribution in [-0.2, 0) is 16.4 Å². The first-order chi connectivity index (χ1) is 11.4. The van der Waals surface area contributed by atoms with Gasteiger partial charge >= 0.3 is 0 Å². The van der Waals surface area contributed by atoms with Gasteiger partial charge in [-0.05, 0) is 32.0 Å². The number of nitrogens with one attached hydrogen (secondary N) is 1. The van der Waals surface area contributed by atoms with E-state index in [9.17, 15) is 8.42 Å². The van der Waals surface area contributed by atoms with E-state index in [0.717, 1.165) is 19.6 Å². The Morgan fingerprint density at radius 2 is 1.92 bits per heavy atom. The number of sulfone groups is 1. The summed E-state index contributed by atoms with van der Waals surface area (Å²) in [7, 11) is -0.873. The summed E-state index contributed by atoms with van der Waals surface area (Å²) in [6.07, 6.45) is 0. The van der Waals surface area contributed by atoms with Gasteiger partial charge in [0.05, 0.1) is 17.0 Å². The highest BCUT2D eigenvalue weighted by molar-refractivity contribution is 7.91. The zero-order valence-corrected chi connectivity index (χ0v) is 15.4. The summed E-state index contributed by atoms with van der Waals surface area (Å²) in [5, 5.41) is 1.27. The molecule has 0 spiro atoms. The summed E-state index contributed by atoms with van der Waals surface area (Å²) in [6.45, 7) is 6.90. The van der Waals surface area contributed by atoms with Crippen molar-refractivity contribution in [3.63, 3.8) is 0 Å². The number of aromatic amines is 1. The van der Waals surface area contributed by atoms with E-state index in [2.05, 4.69) is 46.8 Å². The molecule has 5 nitrogen and oxygen atoms in total. The number of H-pyrrole nitrogens is 1. The van der Waals surface area contributed by atoms with Crippen molar-refractivity contribution in [3.05, 3.63) is 35.0 Å². The van der Waals surface area contributed by atoms with Crippen molar-refractivity contribution >= 4 is 20.7 Å². The maximum absolute atomic E-state index is 12.1. The van der Waals surface area contributed by atoms with Gasteiger partial charge in [-0.15, -0.1) is 0 Å². The molecule has 2 atom stereocenters. The fourth-order valence-electron chi connectivity index (χ4n) is 4.29. The van der Waals surface area contributed by atoms with Gasteiger partial charge in [0.1, 0.15) is 0 Å². The quantitative estimate of drug-likeness (QED) is 0.898. The van der Waals surface area contributed by atoms with E-state index in [1.807, 2.05) is 7.05 Å². The monoisotopic (exact) mass is 347 g/mol. The maximum atomic E-state index is 12.1. The van der Waals surface area contributed by atoms with Gasteiger partial charge in [-0.3, -0.25) is 9.80 Å². The highest BCUT2D eigenvalue weighted by atomic mass is 32.2. The molecule has 6 heteroatoms. The van der Waals surface area contributed by atoms with Crippen LogP contribution in [0.15, 0.2) is 18.2 Å². The summed E-state index contributed by atoms with van der Waals surface area (Å²) in [5.41, 5.74) is 4.96. The molecule has 24 heavy (non-hydrogen) atoms. The molecule has 4 rings (SSSR count). The lowest BCUT2D eigenvalue weighted by atomic mass is 10.0. The number of nitrogens with zero attached hydrogens (tertiary/aromatic N) is 2. The molecular formula is C18H25N3O2S. The number of benzene rings is 1. The molecule has 2 aliphatic rings. The predicted molar refractivity (Wildman–Crippen MR) is 97.0 cm³/mol. The van der Waals surface area contributed by atoms with Crippen LogP contribution in [0.4, 0.5) is 0 Å². The maximum Gasteiger partial charge on any atom is 0.153 e. The van der Waals surface area contributed by atoms with E-state index in [0.29, 0.717) is 11.5 Å². The third-order valence-corrected chi connectivity index (χ3v) is 7.57. The van der Waals surface area contributed by atoms with Crippen LogP contribution >= 0.6 is 0 Å². The van der Waals surface area contributed by atoms with Crippen LogP contribution in [0, 0.1) is 13.8 Å². The Bertz CT molecular complexity index is 887. The SMILES string of the molecule is Cc1[nH]c2c(CN3CCN(C)[C@H]4CS(=O)(=O)C[C@H]43)cccc2c1C. The van der Waals surface area contributed by atoms with Crippen LogP contribution in [0.3, 0.4) is 0 Å². The summed E-state index contributed by atoms with van der Waals surface area (Å²) in [6, 6.07) is 6.67. The Morgan fingerprint density at radius 1 is 1.17 bits per heavy atom. The summed E-state index contributed by atoms with van der Waals surface area (Å²) in [4.78, 5) is 8.10. The van der Waals surface area contributed by atoms with Crippen LogP contribution in [0.1, 0.15) is 16.8 Å². The van der Waals surface area contributed by atoms with E-state index in [-0.39, 0.29) is 12.1 Å². The number of rotatable bonds is 2. The standard InChI is InChI=1S/C18H25N3O2S/c1-12-13(2)19-18-14(5-4-6-15(12)18)9-21-8-7-20(3)16-10-24(22,23)11-17(16)21/h4-6,16-17,19H,7-11H2,1-3H3/t16-,17+/m0/s1. The molecule has 0 saturated carbocycles. The Morgan fingerprint density at radius 3 is 2.71 bits per heavy atom. The first-order valence-corrected chi connectivity index (χ1v) is 10.4. The van der Waals surface area contributed by atoms with Crippen LogP contribution in [0.2, 0.25) is 0 Å². The largest absolute Gasteiger partial charge is 0.358 e. The summed E-state index contributed by atoms with van der Waals surface area (Å²) >= 11 is 0. The van der Waals surface area contributed by atoms with E-state index < -0.39 is 9.84 Å². The third-order valence-electron chi connectivity index (χ3n) is 5.87. The van der Waals surface area contributed by atoms with Gasteiger partial charge in [0.2, 0.25) is 0 Å². The molecule has 130 valence electrons. The molecule has 1 N–H and O–H groups in total. The smallest absolute Gasteiger partial charge is 0.153 e. The molecule has 2 fully saturated rings. The minimum atomic E-state index is -2.92. The number of aromatic nitrogens is 1. The molecule has 2 aliphatic heterocycles. The highest BCUT2D eigenvalue weighted by Gasteiger charge is 2.45. The number of hydrogen-bond donors (Lipinski definition) is 1. The first-order valence-electron chi connectivity index (χ1n) is 8.57.